The van der Waals surface area contributed by atoms with Crippen LogP contribution in [0.5, 0.6) is 0 Å². The van der Waals surface area contributed by atoms with Crippen molar-refractivity contribution in [1.82, 2.24) is 0 Å². The number of hydrogen-bond donors (Lipinski definition) is 1. The first-order valence-electron chi connectivity index (χ1n) is 4.78. The topological polar surface area (TPSA) is 35.2 Å². The summed E-state index contributed by atoms with van der Waals surface area (Å²) < 4.78 is 5.03. The van der Waals surface area contributed by atoms with Gasteiger partial charge in [0.25, 0.3) is 0 Å². The Bertz CT molecular complexity index is 210. The van der Waals surface area contributed by atoms with Crippen molar-refractivity contribution < 1.29 is 4.74 Å². The first-order valence-corrected chi connectivity index (χ1v) is 4.78. The average Bonchev–Trinajstić information content (AvgIpc) is 2.15. The molecule has 1 aliphatic carbocycles. The number of methoxy groups -OCH3 is 1. The Labute approximate surface area is 80.5 Å². The van der Waals surface area contributed by atoms with Crippen molar-refractivity contribution in [2.75, 3.05) is 13.7 Å². The lowest BCUT2D eigenvalue weighted by atomic mass is 9.76. The fraction of sp³-hybridized carbons (Fsp3) is 0.636. The van der Waals surface area contributed by atoms with E-state index in [4.69, 9.17) is 10.5 Å². The van der Waals surface area contributed by atoms with Gasteiger partial charge in [-0.3, -0.25) is 0 Å². The fourth-order valence-electron chi connectivity index (χ4n) is 1.59. The normalized spacial score (nSPS) is 29.2. The molecule has 2 atom stereocenters. The monoisotopic (exact) mass is 181 g/mol. The zero-order valence-electron chi connectivity index (χ0n) is 8.49. The number of ether oxygens (including phenoxy) is 1. The third-order valence-corrected chi connectivity index (χ3v) is 2.76. The van der Waals surface area contributed by atoms with E-state index in [0.29, 0.717) is 0 Å². The van der Waals surface area contributed by atoms with Crippen LogP contribution in [0.25, 0.3) is 0 Å². The first-order chi connectivity index (χ1) is 6.19. The molecule has 0 radical (unpaired) electrons. The molecule has 0 fully saturated rings. The van der Waals surface area contributed by atoms with Crippen LogP contribution >= 0.6 is 0 Å². The van der Waals surface area contributed by atoms with Crippen molar-refractivity contribution in [2.45, 2.75) is 25.8 Å². The SMILES string of the molecule is COCC[C@@H](N)C1(C)C=CC=CC1. The molecule has 0 aromatic rings. The zero-order valence-corrected chi connectivity index (χ0v) is 8.49. The van der Waals surface area contributed by atoms with Crippen LogP contribution in [-0.4, -0.2) is 19.8 Å². The van der Waals surface area contributed by atoms with Gasteiger partial charge in [0, 0.05) is 25.2 Å². The van der Waals surface area contributed by atoms with Crippen LogP contribution in [0.2, 0.25) is 0 Å². The van der Waals surface area contributed by atoms with Gasteiger partial charge in [-0.05, 0) is 12.8 Å². The van der Waals surface area contributed by atoms with Crippen LogP contribution in [-0.2, 0) is 4.74 Å². The molecule has 1 aliphatic rings. The molecule has 1 rings (SSSR count). The summed E-state index contributed by atoms with van der Waals surface area (Å²) in [5.41, 5.74) is 6.22. The van der Waals surface area contributed by atoms with E-state index in [1.165, 1.54) is 0 Å². The molecule has 0 saturated carbocycles. The van der Waals surface area contributed by atoms with Crippen LogP contribution in [0.1, 0.15) is 19.8 Å². The largest absolute Gasteiger partial charge is 0.385 e. The second-order valence-corrected chi connectivity index (χ2v) is 3.89. The molecule has 2 heteroatoms. The highest BCUT2D eigenvalue weighted by atomic mass is 16.5. The highest BCUT2D eigenvalue weighted by molar-refractivity contribution is 5.17. The minimum atomic E-state index is 0.118. The van der Waals surface area contributed by atoms with Gasteiger partial charge in [0.2, 0.25) is 0 Å². The van der Waals surface area contributed by atoms with E-state index in [2.05, 4.69) is 31.2 Å². The van der Waals surface area contributed by atoms with E-state index in [9.17, 15) is 0 Å². The second-order valence-electron chi connectivity index (χ2n) is 3.89. The van der Waals surface area contributed by atoms with Gasteiger partial charge < -0.3 is 10.5 Å². The van der Waals surface area contributed by atoms with E-state index in [-0.39, 0.29) is 11.5 Å². The standard InChI is InChI=1S/C11H19NO/c1-11(7-4-3-5-8-11)10(12)6-9-13-2/h3-5,7,10H,6,8-9,12H2,1-2H3/t10-,11?/m1/s1. The summed E-state index contributed by atoms with van der Waals surface area (Å²) in [7, 11) is 1.71. The molecule has 74 valence electrons. The Morgan fingerprint density at radius 2 is 2.31 bits per heavy atom. The maximum absolute atomic E-state index is 6.10. The summed E-state index contributed by atoms with van der Waals surface area (Å²) in [4.78, 5) is 0. The van der Waals surface area contributed by atoms with Gasteiger partial charge in [-0.1, -0.05) is 31.2 Å². The Kier molecular flexibility index (Phi) is 3.70. The third-order valence-electron chi connectivity index (χ3n) is 2.76. The van der Waals surface area contributed by atoms with Crippen LogP contribution in [0.3, 0.4) is 0 Å². The van der Waals surface area contributed by atoms with Gasteiger partial charge in [-0.25, -0.2) is 0 Å². The van der Waals surface area contributed by atoms with E-state index in [0.717, 1.165) is 19.4 Å². The van der Waals surface area contributed by atoms with Crippen LogP contribution in [0.4, 0.5) is 0 Å². The quantitative estimate of drug-likeness (QED) is 0.718. The molecule has 0 spiro atoms. The molecular weight excluding hydrogens is 162 g/mol. The smallest absolute Gasteiger partial charge is 0.0477 e. The Hall–Kier alpha value is -0.600. The van der Waals surface area contributed by atoms with E-state index < -0.39 is 0 Å². The minimum absolute atomic E-state index is 0.118. The lowest BCUT2D eigenvalue weighted by Crippen LogP contribution is -2.39. The summed E-state index contributed by atoms with van der Waals surface area (Å²) in [6.07, 6.45) is 10.5. The molecule has 2 N–H and O–H groups in total. The van der Waals surface area contributed by atoms with Gasteiger partial charge in [0.1, 0.15) is 0 Å². The number of nitrogens with two attached hydrogens (primary N) is 1. The number of rotatable bonds is 4. The Morgan fingerprint density at radius 1 is 1.54 bits per heavy atom. The maximum Gasteiger partial charge on any atom is 0.0477 e. The second kappa shape index (κ2) is 4.58. The summed E-state index contributed by atoms with van der Waals surface area (Å²) >= 11 is 0. The molecule has 1 unspecified atom stereocenters. The average molecular weight is 181 g/mol. The van der Waals surface area contributed by atoms with Crippen molar-refractivity contribution in [3.05, 3.63) is 24.3 Å². The lowest BCUT2D eigenvalue weighted by molar-refractivity contribution is 0.169. The molecule has 2 nitrogen and oxygen atoms in total. The van der Waals surface area contributed by atoms with Crippen molar-refractivity contribution >= 4 is 0 Å². The van der Waals surface area contributed by atoms with Gasteiger partial charge in [-0.2, -0.15) is 0 Å². The van der Waals surface area contributed by atoms with Gasteiger partial charge in [0.15, 0.2) is 0 Å². The number of allylic oxidation sites excluding steroid dienone is 3. The van der Waals surface area contributed by atoms with Crippen molar-refractivity contribution in [2.24, 2.45) is 11.1 Å². The van der Waals surface area contributed by atoms with Crippen LogP contribution in [0.15, 0.2) is 24.3 Å². The maximum atomic E-state index is 6.10. The minimum Gasteiger partial charge on any atom is -0.385 e. The zero-order chi connectivity index (χ0) is 9.73. The Morgan fingerprint density at radius 3 is 2.85 bits per heavy atom. The summed E-state index contributed by atoms with van der Waals surface area (Å²) in [5.74, 6) is 0. The third kappa shape index (κ3) is 2.68. The highest BCUT2D eigenvalue weighted by Gasteiger charge is 2.28. The molecule has 0 bridgehead atoms. The Balaban J connectivity index is 2.48. The van der Waals surface area contributed by atoms with Crippen molar-refractivity contribution in [3.63, 3.8) is 0 Å². The molecular formula is C11H19NO. The predicted octanol–water partition coefficient (Wildman–Crippen LogP) is 1.87. The molecule has 0 amide bonds. The van der Waals surface area contributed by atoms with Crippen LogP contribution in [0, 0.1) is 5.41 Å². The summed E-state index contributed by atoms with van der Waals surface area (Å²) in [5, 5.41) is 0. The molecule has 0 heterocycles. The number of hydrogen-bond acceptors (Lipinski definition) is 2. The van der Waals surface area contributed by atoms with E-state index in [1.807, 2.05) is 0 Å². The van der Waals surface area contributed by atoms with Crippen molar-refractivity contribution in [3.8, 4) is 0 Å². The summed E-state index contributed by atoms with van der Waals surface area (Å²) in [6, 6.07) is 0.189. The molecule has 0 aromatic carbocycles. The molecule has 0 aromatic heterocycles. The molecule has 13 heavy (non-hydrogen) atoms. The van der Waals surface area contributed by atoms with Gasteiger partial charge >= 0.3 is 0 Å². The van der Waals surface area contributed by atoms with Crippen LogP contribution < -0.4 is 5.73 Å². The first kappa shape index (κ1) is 10.5. The van der Waals surface area contributed by atoms with E-state index in [1.54, 1.807) is 7.11 Å². The van der Waals surface area contributed by atoms with Gasteiger partial charge in [-0.15, -0.1) is 0 Å². The molecule has 0 aliphatic heterocycles. The highest BCUT2D eigenvalue weighted by Crippen LogP contribution is 2.31. The summed E-state index contributed by atoms with van der Waals surface area (Å²) in [6.45, 7) is 2.95. The van der Waals surface area contributed by atoms with E-state index >= 15 is 0 Å². The fourth-order valence-corrected chi connectivity index (χ4v) is 1.59. The van der Waals surface area contributed by atoms with Crippen molar-refractivity contribution in [1.29, 1.82) is 0 Å². The van der Waals surface area contributed by atoms with Gasteiger partial charge in [0.05, 0.1) is 0 Å². The predicted molar refractivity (Wildman–Crippen MR) is 55.5 cm³/mol. The lowest BCUT2D eigenvalue weighted by Gasteiger charge is -2.33. The molecule has 0 saturated heterocycles.